The van der Waals surface area contributed by atoms with Gasteiger partial charge >= 0.3 is 6.18 Å². The minimum atomic E-state index is -4.52. The van der Waals surface area contributed by atoms with Crippen molar-refractivity contribution in [2.45, 2.75) is 19.5 Å². The lowest BCUT2D eigenvalue weighted by Crippen LogP contribution is -2.24. The topological polar surface area (TPSA) is 79.8 Å². The third-order valence-electron chi connectivity index (χ3n) is 3.39. The van der Waals surface area contributed by atoms with E-state index in [4.69, 9.17) is 4.74 Å². The first kappa shape index (κ1) is 20.9. The smallest absolute Gasteiger partial charge is 0.416 e. The van der Waals surface area contributed by atoms with Crippen molar-refractivity contribution in [3.63, 3.8) is 0 Å². The van der Waals surface area contributed by atoms with E-state index in [2.05, 4.69) is 15.8 Å². The van der Waals surface area contributed by atoms with Crippen LogP contribution in [0.15, 0.2) is 53.6 Å². The van der Waals surface area contributed by atoms with Crippen LogP contribution in [-0.2, 0) is 15.8 Å². The van der Waals surface area contributed by atoms with Crippen LogP contribution in [0.2, 0.25) is 0 Å². The molecule has 2 amide bonds. The summed E-state index contributed by atoms with van der Waals surface area (Å²) < 4.78 is 43.3. The molecular weight excluding hydrogens is 375 g/mol. The Balaban J connectivity index is 1.83. The van der Waals surface area contributed by atoms with E-state index in [0.717, 1.165) is 12.1 Å². The molecule has 0 unspecified atom stereocenters. The van der Waals surface area contributed by atoms with Crippen LogP contribution in [0.5, 0.6) is 5.75 Å². The number of nitrogens with zero attached hydrogens (tertiary/aromatic N) is 1. The molecule has 0 saturated heterocycles. The number of hydrazone groups is 1. The van der Waals surface area contributed by atoms with Gasteiger partial charge in [-0.1, -0.05) is 6.07 Å². The number of halogens is 3. The molecule has 0 aliphatic rings. The molecule has 2 aromatic rings. The van der Waals surface area contributed by atoms with Gasteiger partial charge in [0.05, 0.1) is 18.4 Å². The summed E-state index contributed by atoms with van der Waals surface area (Å²) in [6.45, 7) is 2.42. The fraction of sp³-hybridized carbons (Fsp3) is 0.211. The van der Waals surface area contributed by atoms with Crippen molar-refractivity contribution in [2.75, 3.05) is 11.9 Å². The molecule has 2 N–H and O–H groups in total. The molecule has 2 aromatic carbocycles. The molecule has 0 atom stereocenters. The molecule has 0 spiro atoms. The first-order valence-corrected chi connectivity index (χ1v) is 8.30. The largest absolute Gasteiger partial charge is 0.494 e. The van der Waals surface area contributed by atoms with Gasteiger partial charge in [0.2, 0.25) is 11.8 Å². The lowest BCUT2D eigenvalue weighted by molar-refractivity contribution is -0.137. The van der Waals surface area contributed by atoms with E-state index < -0.39 is 30.0 Å². The van der Waals surface area contributed by atoms with E-state index in [-0.39, 0.29) is 5.69 Å². The molecule has 0 heterocycles. The summed E-state index contributed by atoms with van der Waals surface area (Å²) >= 11 is 0. The molecule has 0 aromatic heterocycles. The minimum Gasteiger partial charge on any atom is -0.494 e. The Morgan fingerprint density at radius 2 is 1.82 bits per heavy atom. The van der Waals surface area contributed by atoms with Gasteiger partial charge in [0.1, 0.15) is 12.2 Å². The van der Waals surface area contributed by atoms with Gasteiger partial charge in [-0.15, -0.1) is 0 Å². The van der Waals surface area contributed by atoms with Gasteiger partial charge in [-0.2, -0.15) is 18.3 Å². The van der Waals surface area contributed by atoms with Crippen LogP contribution in [0.3, 0.4) is 0 Å². The maximum absolute atomic E-state index is 12.7. The van der Waals surface area contributed by atoms with Crippen molar-refractivity contribution in [2.24, 2.45) is 5.10 Å². The first-order valence-electron chi connectivity index (χ1n) is 8.30. The molecule has 9 heteroatoms. The molecule has 0 aliphatic carbocycles. The fourth-order valence-electron chi connectivity index (χ4n) is 2.16. The summed E-state index contributed by atoms with van der Waals surface area (Å²) in [4.78, 5) is 23.5. The maximum atomic E-state index is 12.7. The highest BCUT2D eigenvalue weighted by Gasteiger charge is 2.30. The number of rotatable bonds is 7. The number of alkyl halides is 3. The quantitative estimate of drug-likeness (QED) is 0.429. The van der Waals surface area contributed by atoms with E-state index in [1.807, 2.05) is 6.92 Å². The van der Waals surface area contributed by atoms with Crippen LogP contribution >= 0.6 is 0 Å². The second kappa shape index (κ2) is 9.54. The van der Waals surface area contributed by atoms with Crippen LogP contribution in [-0.4, -0.2) is 24.6 Å². The summed E-state index contributed by atoms with van der Waals surface area (Å²) in [6.07, 6.45) is -3.72. The van der Waals surface area contributed by atoms with Gasteiger partial charge in [0, 0.05) is 5.69 Å². The zero-order chi connectivity index (χ0) is 20.6. The summed E-state index contributed by atoms with van der Waals surface area (Å²) in [5.41, 5.74) is 1.94. The summed E-state index contributed by atoms with van der Waals surface area (Å²) in [6, 6.07) is 11.1. The van der Waals surface area contributed by atoms with Crippen molar-refractivity contribution >= 4 is 23.7 Å². The van der Waals surface area contributed by atoms with Gasteiger partial charge in [-0.3, -0.25) is 9.59 Å². The third kappa shape index (κ3) is 6.75. The van der Waals surface area contributed by atoms with Crippen LogP contribution in [0.25, 0.3) is 0 Å². The average molecular weight is 393 g/mol. The van der Waals surface area contributed by atoms with Crippen LogP contribution < -0.4 is 15.5 Å². The molecule has 28 heavy (non-hydrogen) atoms. The van der Waals surface area contributed by atoms with E-state index in [0.29, 0.717) is 17.9 Å². The molecule has 0 bridgehead atoms. The lowest BCUT2D eigenvalue weighted by atomic mass is 10.2. The van der Waals surface area contributed by atoms with Crippen molar-refractivity contribution in [1.82, 2.24) is 5.43 Å². The summed E-state index contributed by atoms with van der Waals surface area (Å²) in [7, 11) is 0. The average Bonchev–Trinajstić information content (AvgIpc) is 2.63. The number of anilines is 1. The summed E-state index contributed by atoms with van der Waals surface area (Å²) in [5.74, 6) is -0.755. The molecule has 0 aliphatic heterocycles. The predicted molar refractivity (Wildman–Crippen MR) is 98.0 cm³/mol. The second-order valence-corrected chi connectivity index (χ2v) is 5.60. The van der Waals surface area contributed by atoms with E-state index >= 15 is 0 Å². The minimum absolute atomic E-state index is 0.0504. The Bertz CT molecular complexity index is 849. The normalized spacial score (nSPS) is 11.3. The Labute approximate surface area is 159 Å². The standard InChI is InChI=1S/C19H18F3N3O3/c1-2-28-16-8-6-13(7-9-16)12-23-25-18(27)11-17(26)24-15-5-3-4-14(10-15)19(20,21)22/h3-10,12H,2,11H2,1H3,(H,24,26)(H,25,27). The van der Waals surface area contributed by atoms with Crippen molar-refractivity contribution in [1.29, 1.82) is 0 Å². The number of carbonyl (C=O) groups excluding carboxylic acids is 2. The Morgan fingerprint density at radius 1 is 1.11 bits per heavy atom. The summed E-state index contributed by atoms with van der Waals surface area (Å²) in [5, 5.41) is 5.98. The molecule has 0 saturated carbocycles. The molecule has 6 nitrogen and oxygen atoms in total. The number of hydrogen-bond acceptors (Lipinski definition) is 4. The maximum Gasteiger partial charge on any atom is 0.416 e. The molecule has 0 fully saturated rings. The molecule has 148 valence electrons. The van der Waals surface area contributed by atoms with Gasteiger partial charge < -0.3 is 10.1 Å². The van der Waals surface area contributed by atoms with E-state index in [1.54, 1.807) is 24.3 Å². The van der Waals surface area contributed by atoms with Gasteiger partial charge in [0.25, 0.3) is 0 Å². The van der Waals surface area contributed by atoms with Crippen molar-refractivity contribution in [3.05, 3.63) is 59.7 Å². The highest BCUT2D eigenvalue weighted by atomic mass is 19.4. The predicted octanol–water partition coefficient (Wildman–Crippen LogP) is 3.58. The van der Waals surface area contributed by atoms with Gasteiger partial charge in [-0.05, 0) is 55.0 Å². The zero-order valence-corrected chi connectivity index (χ0v) is 14.9. The van der Waals surface area contributed by atoms with Crippen LogP contribution in [0, 0.1) is 0 Å². The SMILES string of the molecule is CCOc1ccc(C=NNC(=O)CC(=O)Nc2cccc(C(F)(F)F)c2)cc1. The number of benzene rings is 2. The van der Waals surface area contributed by atoms with Crippen LogP contribution in [0.4, 0.5) is 18.9 Å². The number of nitrogens with one attached hydrogen (secondary N) is 2. The molecule has 0 radical (unpaired) electrons. The first-order chi connectivity index (χ1) is 13.3. The monoisotopic (exact) mass is 393 g/mol. The van der Waals surface area contributed by atoms with Gasteiger partial charge in [0.15, 0.2) is 0 Å². The second-order valence-electron chi connectivity index (χ2n) is 5.60. The molecular formula is C19H18F3N3O3. The van der Waals surface area contributed by atoms with E-state index in [9.17, 15) is 22.8 Å². The van der Waals surface area contributed by atoms with Crippen molar-refractivity contribution in [3.8, 4) is 5.75 Å². The van der Waals surface area contributed by atoms with E-state index in [1.165, 1.54) is 18.3 Å². The number of carbonyl (C=O) groups is 2. The lowest BCUT2D eigenvalue weighted by Gasteiger charge is -2.09. The Morgan fingerprint density at radius 3 is 2.46 bits per heavy atom. The third-order valence-corrected chi connectivity index (χ3v) is 3.39. The zero-order valence-electron chi connectivity index (χ0n) is 14.9. The highest BCUT2D eigenvalue weighted by molar-refractivity contribution is 6.03. The Kier molecular flexibility index (Phi) is 7.14. The highest BCUT2D eigenvalue weighted by Crippen LogP contribution is 2.30. The number of amides is 2. The van der Waals surface area contributed by atoms with Crippen molar-refractivity contribution < 1.29 is 27.5 Å². The van der Waals surface area contributed by atoms with Crippen LogP contribution in [0.1, 0.15) is 24.5 Å². The van der Waals surface area contributed by atoms with Gasteiger partial charge in [-0.25, -0.2) is 5.43 Å². The Hall–Kier alpha value is -3.36. The number of hydrogen-bond donors (Lipinski definition) is 2. The fourth-order valence-corrected chi connectivity index (χ4v) is 2.16. The molecule has 2 rings (SSSR count). The number of ether oxygens (including phenoxy) is 1.